The first-order valence-electron chi connectivity index (χ1n) is 7.08. The van der Waals surface area contributed by atoms with Gasteiger partial charge in [-0.05, 0) is 24.5 Å². The number of benzene rings is 1. The fourth-order valence-electron chi connectivity index (χ4n) is 2.62. The lowest BCUT2D eigenvalue weighted by Gasteiger charge is -2.16. The number of hydrogen-bond donors (Lipinski definition) is 1. The van der Waals surface area contributed by atoms with Crippen LogP contribution in [-0.4, -0.2) is 18.0 Å². The summed E-state index contributed by atoms with van der Waals surface area (Å²) in [5, 5.41) is 3.02. The van der Waals surface area contributed by atoms with Gasteiger partial charge in [0.2, 0.25) is 11.8 Å². The third-order valence-corrected chi connectivity index (χ3v) is 3.99. The largest absolute Gasteiger partial charge is 0.481 e. The second-order valence-corrected chi connectivity index (χ2v) is 5.30. The summed E-state index contributed by atoms with van der Waals surface area (Å²) in [5.41, 5.74) is 1.65. The van der Waals surface area contributed by atoms with Crippen LogP contribution in [0.5, 0.6) is 5.88 Å². The summed E-state index contributed by atoms with van der Waals surface area (Å²) >= 11 is 0. The molecule has 0 atom stereocenters. The number of nitrogens with one attached hydrogen (secondary N) is 1. The Bertz CT molecular complexity index is 636. The normalized spacial score (nSPS) is 15.3. The minimum atomic E-state index is -0.337. The number of carbonyl (C=O) groups excluding carboxylic acids is 1. The fraction of sp³-hybridized carbons (Fsp3) is 0.294. The Labute approximate surface area is 124 Å². The molecular formula is C17H18N2O2. The van der Waals surface area contributed by atoms with Gasteiger partial charge >= 0.3 is 0 Å². The highest BCUT2D eigenvalue weighted by atomic mass is 16.5. The molecule has 1 saturated carbocycles. The molecular weight excluding hydrogens is 264 g/mol. The summed E-state index contributed by atoms with van der Waals surface area (Å²) in [5.74, 6) is 0.641. The lowest BCUT2D eigenvalue weighted by atomic mass is 9.95. The smallest absolute Gasteiger partial charge is 0.230 e. The number of methoxy groups -OCH3 is 1. The average Bonchev–Trinajstić information content (AvgIpc) is 3.35. The Balaban J connectivity index is 1.70. The van der Waals surface area contributed by atoms with E-state index in [4.69, 9.17) is 4.74 Å². The number of amides is 1. The molecule has 0 aliphatic heterocycles. The van der Waals surface area contributed by atoms with Crippen LogP contribution >= 0.6 is 0 Å². The number of hydrogen-bond acceptors (Lipinski definition) is 3. The van der Waals surface area contributed by atoms with Gasteiger partial charge in [-0.2, -0.15) is 0 Å². The van der Waals surface area contributed by atoms with Crippen LogP contribution in [0.4, 0.5) is 0 Å². The highest BCUT2D eigenvalue weighted by Crippen LogP contribution is 2.48. The predicted octanol–water partition coefficient (Wildman–Crippen LogP) is 2.44. The molecule has 0 spiro atoms. The van der Waals surface area contributed by atoms with E-state index in [0.717, 1.165) is 24.0 Å². The van der Waals surface area contributed by atoms with Crippen molar-refractivity contribution in [3.8, 4) is 5.88 Å². The summed E-state index contributed by atoms with van der Waals surface area (Å²) in [6, 6.07) is 13.7. The van der Waals surface area contributed by atoms with Crippen LogP contribution in [0.15, 0.2) is 48.7 Å². The maximum absolute atomic E-state index is 12.5. The van der Waals surface area contributed by atoms with Crippen LogP contribution in [0.2, 0.25) is 0 Å². The molecule has 0 unspecified atom stereocenters. The van der Waals surface area contributed by atoms with Crippen LogP contribution in [-0.2, 0) is 16.8 Å². The molecule has 0 bridgehead atoms. The van der Waals surface area contributed by atoms with Gasteiger partial charge in [-0.15, -0.1) is 0 Å². The lowest BCUT2D eigenvalue weighted by molar-refractivity contribution is -0.123. The maximum Gasteiger partial charge on any atom is 0.230 e. The van der Waals surface area contributed by atoms with Crippen molar-refractivity contribution in [1.29, 1.82) is 0 Å². The van der Waals surface area contributed by atoms with Crippen molar-refractivity contribution >= 4 is 5.91 Å². The number of aromatic nitrogens is 1. The van der Waals surface area contributed by atoms with Gasteiger partial charge in [0.1, 0.15) is 0 Å². The Morgan fingerprint density at radius 2 is 2.00 bits per heavy atom. The number of carbonyl (C=O) groups is 1. The molecule has 0 radical (unpaired) electrons. The molecule has 1 aliphatic rings. The summed E-state index contributed by atoms with van der Waals surface area (Å²) in [6.07, 6.45) is 3.50. The molecule has 2 aromatic rings. The molecule has 1 amide bonds. The molecule has 4 heteroatoms. The van der Waals surface area contributed by atoms with Gasteiger partial charge in [-0.1, -0.05) is 36.4 Å². The average molecular weight is 282 g/mol. The van der Waals surface area contributed by atoms with E-state index in [2.05, 4.69) is 10.3 Å². The van der Waals surface area contributed by atoms with Crippen molar-refractivity contribution in [1.82, 2.24) is 10.3 Å². The van der Waals surface area contributed by atoms with Gasteiger partial charge < -0.3 is 10.1 Å². The maximum atomic E-state index is 12.5. The van der Waals surface area contributed by atoms with Crippen LogP contribution < -0.4 is 10.1 Å². The molecule has 3 rings (SSSR count). The Morgan fingerprint density at radius 3 is 2.67 bits per heavy atom. The highest BCUT2D eigenvalue weighted by molar-refractivity contribution is 5.91. The first-order valence-corrected chi connectivity index (χ1v) is 7.08. The van der Waals surface area contributed by atoms with Crippen molar-refractivity contribution in [2.24, 2.45) is 0 Å². The van der Waals surface area contributed by atoms with Gasteiger partial charge in [0, 0.05) is 18.3 Å². The first kappa shape index (κ1) is 13.6. The van der Waals surface area contributed by atoms with Gasteiger partial charge in [0.05, 0.1) is 12.5 Å². The van der Waals surface area contributed by atoms with Crippen molar-refractivity contribution in [2.45, 2.75) is 24.8 Å². The quantitative estimate of drug-likeness (QED) is 0.916. The molecule has 1 aromatic heterocycles. The third-order valence-electron chi connectivity index (χ3n) is 3.99. The molecule has 1 N–H and O–H groups in total. The van der Waals surface area contributed by atoms with Crippen molar-refractivity contribution < 1.29 is 9.53 Å². The zero-order chi connectivity index (χ0) is 14.7. The summed E-state index contributed by atoms with van der Waals surface area (Å²) in [7, 11) is 1.58. The fourth-order valence-corrected chi connectivity index (χ4v) is 2.62. The molecule has 1 fully saturated rings. The zero-order valence-corrected chi connectivity index (χ0v) is 12.0. The van der Waals surface area contributed by atoms with E-state index in [1.54, 1.807) is 13.3 Å². The molecule has 108 valence electrons. The Hall–Kier alpha value is -2.36. The number of rotatable bonds is 5. The number of nitrogens with zero attached hydrogens (tertiary/aromatic N) is 1. The molecule has 1 heterocycles. The molecule has 1 aromatic carbocycles. The van der Waals surface area contributed by atoms with Gasteiger partial charge in [-0.25, -0.2) is 4.98 Å². The van der Waals surface area contributed by atoms with Crippen molar-refractivity contribution in [3.05, 3.63) is 59.8 Å². The highest BCUT2D eigenvalue weighted by Gasteiger charge is 2.50. The van der Waals surface area contributed by atoms with Crippen LogP contribution in [0.1, 0.15) is 24.0 Å². The molecule has 21 heavy (non-hydrogen) atoms. The predicted molar refractivity (Wildman–Crippen MR) is 80.0 cm³/mol. The number of pyridine rings is 1. The zero-order valence-electron chi connectivity index (χ0n) is 12.0. The van der Waals surface area contributed by atoms with E-state index >= 15 is 0 Å². The van der Waals surface area contributed by atoms with Gasteiger partial charge in [0.25, 0.3) is 0 Å². The second-order valence-electron chi connectivity index (χ2n) is 5.30. The van der Waals surface area contributed by atoms with Crippen molar-refractivity contribution in [3.63, 3.8) is 0 Å². The minimum absolute atomic E-state index is 0.0830. The minimum Gasteiger partial charge on any atom is -0.481 e. The van der Waals surface area contributed by atoms with E-state index in [0.29, 0.717) is 12.4 Å². The number of ether oxygens (including phenoxy) is 1. The van der Waals surface area contributed by atoms with Crippen molar-refractivity contribution in [2.75, 3.05) is 7.11 Å². The van der Waals surface area contributed by atoms with E-state index < -0.39 is 0 Å². The van der Waals surface area contributed by atoms with Gasteiger partial charge in [-0.3, -0.25) is 4.79 Å². The summed E-state index contributed by atoms with van der Waals surface area (Å²) < 4.78 is 5.20. The van der Waals surface area contributed by atoms with E-state index in [1.807, 2.05) is 42.5 Å². The van der Waals surface area contributed by atoms with Crippen LogP contribution in [0.3, 0.4) is 0 Å². The van der Waals surface area contributed by atoms with E-state index in [9.17, 15) is 4.79 Å². The molecule has 4 nitrogen and oxygen atoms in total. The van der Waals surface area contributed by atoms with Gasteiger partial charge in [0.15, 0.2) is 0 Å². The lowest BCUT2D eigenvalue weighted by Crippen LogP contribution is -2.34. The Kier molecular flexibility index (Phi) is 3.60. The van der Waals surface area contributed by atoms with E-state index in [1.165, 1.54) is 0 Å². The monoisotopic (exact) mass is 282 g/mol. The Morgan fingerprint density at radius 1 is 1.24 bits per heavy atom. The standard InChI is InChI=1S/C17H18N2O2/c1-21-15-13(6-5-11-18-15)12-19-16(20)17(9-10-17)14-7-3-2-4-8-14/h2-8,11H,9-10,12H2,1H3,(H,19,20). The second kappa shape index (κ2) is 5.56. The van der Waals surface area contributed by atoms with Crippen LogP contribution in [0.25, 0.3) is 0 Å². The molecule has 0 saturated heterocycles. The van der Waals surface area contributed by atoms with E-state index in [-0.39, 0.29) is 11.3 Å². The summed E-state index contributed by atoms with van der Waals surface area (Å²) in [6.45, 7) is 0.435. The summed E-state index contributed by atoms with van der Waals surface area (Å²) in [4.78, 5) is 16.7. The third kappa shape index (κ3) is 2.61. The molecule has 1 aliphatic carbocycles. The SMILES string of the molecule is COc1ncccc1CNC(=O)C1(c2ccccc2)CC1. The van der Waals surface area contributed by atoms with Crippen LogP contribution in [0, 0.1) is 0 Å². The topological polar surface area (TPSA) is 51.2 Å². The first-order chi connectivity index (χ1) is 10.3.